The van der Waals surface area contributed by atoms with Crippen LogP contribution in [0.3, 0.4) is 0 Å². The summed E-state index contributed by atoms with van der Waals surface area (Å²) in [7, 11) is 0. The molecular weight excluding hydrogens is 542 g/mol. The summed E-state index contributed by atoms with van der Waals surface area (Å²) in [5.74, 6) is 0. The fourth-order valence-electron chi connectivity index (χ4n) is 3.60. The monoisotopic (exact) mass is 562 g/mol. The molecule has 0 unspecified atom stereocenters. The second kappa shape index (κ2) is 7.67. The molecule has 1 aliphatic rings. The van der Waals surface area contributed by atoms with Crippen molar-refractivity contribution in [3.8, 4) is 0 Å². The molecule has 25 heavy (non-hydrogen) atoms. The summed E-state index contributed by atoms with van der Waals surface area (Å²) >= 11 is 4.72. The predicted molar refractivity (Wildman–Crippen MR) is 118 cm³/mol. The summed E-state index contributed by atoms with van der Waals surface area (Å²) in [5.41, 5.74) is 2.39. The first-order valence-corrected chi connectivity index (χ1v) is 10.6. The lowest BCUT2D eigenvalue weighted by molar-refractivity contribution is 0.0119. The highest BCUT2D eigenvalue weighted by Crippen LogP contribution is 2.31. The Balaban J connectivity index is 1.69. The number of fused-ring (bicyclic) bond motifs is 3. The zero-order valence-corrected chi connectivity index (χ0v) is 18.1. The summed E-state index contributed by atoms with van der Waals surface area (Å²) in [6.07, 6.45) is -0.393. The number of halogens is 2. The SMILES string of the molecule is O[C@H](CN1CCOCC1)Cn1c2ccc(I)cc2c2cc(I)ccc21. The average Bonchev–Trinajstić information content (AvgIpc) is 2.88. The lowest BCUT2D eigenvalue weighted by atomic mass is 10.2. The average molecular weight is 562 g/mol. The topological polar surface area (TPSA) is 37.6 Å². The fourth-order valence-corrected chi connectivity index (χ4v) is 4.58. The van der Waals surface area contributed by atoms with Crippen LogP contribution in [0, 0.1) is 7.14 Å². The van der Waals surface area contributed by atoms with Gasteiger partial charge in [-0.1, -0.05) is 0 Å². The normalized spacial score (nSPS) is 17.4. The Labute approximate surface area is 174 Å². The van der Waals surface area contributed by atoms with E-state index in [0.29, 0.717) is 13.1 Å². The lowest BCUT2D eigenvalue weighted by Crippen LogP contribution is -2.42. The van der Waals surface area contributed by atoms with Crippen molar-refractivity contribution in [2.24, 2.45) is 0 Å². The molecule has 1 fully saturated rings. The Morgan fingerprint density at radius 1 is 0.920 bits per heavy atom. The van der Waals surface area contributed by atoms with Gasteiger partial charge in [0.1, 0.15) is 0 Å². The lowest BCUT2D eigenvalue weighted by Gasteiger charge is -2.28. The standard InChI is InChI=1S/C19H20I2N2O2/c20-13-1-3-18-16(9-13)17-10-14(21)2-4-19(17)23(18)12-15(24)11-22-5-7-25-8-6-22/h1-4,9-10,15,24H,5-8,11-12H2/t15-/m1/s1. The van der Waals surface area contributed by atoms with E-state index in [2.05, 4.69) is 91.0 Å². The summed E-state index contributed by atoms with van der Waals surface area (Å²) in [6.45, 7) is 4.64. The van der Waals surface area contributed by atoms with E-state index in [1.807, 2.05) is 0 Å². The van der Waals surface area contributed by atoms with Crippen LogP contribution in [0.2, 0.25) is 0 Å². The molecular formula is C19H20I2N2O2. The van der Waals surface area contributed by atoms with Crippen LogP contribution in [0.15, 0.2) is 36.4 Å². The highest BCUT2D eigenvalue weighted by molar-refractivity contribution is 14.1. The van der Waals surface area contributed by atoms with Crippen LogP contribution in [-0.4, -0.2) is 53.5 Å². The van der Waals surface area contributed by atoms with Crippen molar-refractivity contribution < 1.29 is 9.84 Å². The molecule has 2 aromatic carbocycles. The van der Waals surface area contributed by atoms with Gasteiger partial charge in [0.05, 0.1) is 25.9 Å². The number of aliphatic hydroxyl groups excluding tert-OH is 1. The number of morpholine rings is 1. The molecule has 132 valence electrons. The number of hydrogen-bond acceptors (Lipinski definition) is 3. The smallest absolute Gasteiger partial charge is 0.0846 e. The molecule has 0 radical (unpaired) electrons. The number of rotatable bonds is 4. The molecule has 2 heterocycles. The second-order valence-corrected chi connectivity index (χ2v) is 8.99. The molecule has 1 saturated heterocycles. The van der Waals surface area contributed by atoms with Gasteiger partial charge in [0.15, 0.2) is 0 Å². The van der Waals surface area contributed by atoms with E-state index in [0.717, 1.165) is 26.3 Å². The van der Waals surface area contributed by atoms with Crippen molar-refractivity contribution >= 4 is 67.0 Å². The molecule has 6 heteroatoms. The number of nitrogens with zero attached hydrogens (tertiary/aromatic N) is 2. The van der Waals surface area contributed by atoms with E-state index in [1.165, 1.54) is 28.9 Å². The Bertz CT molecular complexity index is 844. The number of aliphatic hydroxyl groups is 1. The van der Waals surface area contributed by atoms with Gasteiger partial charge in [-0.25, -0.2) is 0 Å². The zero-order valence-electron chi connectivity index (χ0n) is 13.8. The van der Waals surface area contributed by atoms with Gasteiger partial charge < -0.3 is 14.4 Å². The van der Waals surface area contributed by atoms with Gasteiger partial charge in [0, 0.05) is 48.6 Å². The Morgan fingerprint density at radius 2 is 1.48 bits per heavy atom. The van der Waals surface area contributed by atoms with Crippen LogP contribution < -0.4 is 0 Å². The van der Waals surface area contributed by atoms with Crippen LogP contribution in [0.4, 0.5) is 0 Å². The number of β-amino-alcohol motifs (C(OH)–C–C–N with tert-alkyl or cyclic N) is 1. The molecule has 3 aromatic rings. The van der Waals surface area contributed by atoms with Crippen LogP contribution in [0.1, 0.15) is 0 Å². The van der Waals surface area contributed by atoms with Crippen molar-refractivity contribution in [1.29, 1.82) is 0 Å². The van der Waals surface area contributed by atoms with Gasteiger partial charge in [-0.2, -0.15) is 0 Å². The molecule has 0 spiro atoms. The maximum absolute atomic E-state index is 10.7. The van der Waals surface area contributed by atoms with Gasteiger partial charge in [-0.15, -0.1) is 0 Å². The largest absolute Gasteiger partial charge is 0.390 e. The van der Waals surface area contributed by atoms with E-state index in [4.69, 9.17) is 4.74 Å². The highest BCUT2D eigenvalue weighted by Gasteiger charge is 2.18. The van der Waals surface area contributed by atoms with Crippen molar-refractivity contribution in [2.75, 3.05) is 32.8 Å². The third-order valence-corrected chi connectivity index (χ3v) is 6.10. The molecule has 4 nitrogen and oxygen atoms in total. The third-order valence-electron chi connectivity index (χ3n) is 4.75. The molecule has 1 atom stereocenters. The molecule has 0 amide bonds. The molecule has 1 N–H and O–H groups in total. The van der Waals surface area contributed by atoms with Crippen LogP contribution in [0.5, 0.6) is 0 Å². The highest BCUT2D eigenvalue weighted by atomic mass is 127. The Kier molecular flexibility index (Phi) is 5.52. The Morgan fingerprint density at radius 3 is 2.04 bits per heavy atom. The number of aromatic nitrogens is 1. The van der Waals surface area contributed by atoms with Gasteiger partial charge in [0.25, 0.3) is 0 Å². The minimum atomic E-state index is -0.393. The summed E-state index contributed by atoms with van der Waals surface area (Å²) in [6, 6.07) is 13.1. The minimum absolute atomic E-state index is 0.393. The molecule has 0 saturated carbocycles. The van der Waals surface area contributed by atoms with E-state index in [-0.39, 0.29) is 0 Å². The van der Waals surface area contributed by atoms with Crippen LogP contribution >= 0.6 is 45.2 Å². The zero-order chi connectivity index (χ0) is 17.4. The number of ether oxygens (including phenoxy) is 1. The molecule has 1 aromatic heterocycles. The molecule has 0 bridgehead atoms. The first-order chi connectivity index (χ1) is 12.1. The maximum atomic E-state index is 10.7. The van der Waals surface area contributed by atoms with Gasteiger partial charge in [0.2, 0.25) is 0 Å². The molecule has 4 rings (SSSR count). The minimum Gasteiger partial charge on any atom is -0.390 e. The predicted octanol–water partition coefficient (Wildman–Crippen LogP) is 3.70. The summed E-state index contributed by atoms with van der Waals surface area (Å²) in [5, 5.41) is 13.2. The van der Waals surface area contributed by atoms with Crippen molar-refractivity contribution in [3.05, 3.63) is 43.5 Å². The quantitative estimate of drug-likeness (QED) is 0.494. The van der Waals surface area contributed by atoms with E-state index in [9.17, 15) is 5.11 Å². The first-order valence-electron chi connectivity index (χ1n) is 8.47. The van der Waals surface area contributed by atoms with Crippen LogP contribution in [0.25, 0.3) is 21.8 Å². The third kappa shape index (κ3) is 3.83. The van der Waals surface area contributed by atoms with Gasteiger partial charge >= 0.3 is 0 Å². The van der Waals surface area contributed by atoms with E-state index in [1.54, 1.807) is 0 Å². The first kappa shape index (κ1) is 18.0. The van der Waals surface area contributed by atoms with Gasteiger partial charge in [-0.05, 0) is 81.6 Å². The van der Waals surface area contributed by atoms with E-state index < -0.39 is 6.10 Å². The summed E-state index contributed by atoms with van der Waals surface area (Å²) in [4.78, 5) is 2.29. The maximum Gasteiger partial charge on any atom is 0.0846 e. The Hall–Kier alpha value is -0.420. The van der Waals surface area contributed by atoms with Crippen molar-refractivity contribution in [2.45, 2.75) is 12.6 Å². The van der Waals surface area contributed by atoms with Gasteiger partial charge in [-0.3, -0.25) is 4.90 Å². The number of benzene rings is 2. The summed E-state index contributed by atoms with van der Waals surface area (Å²) < 4.78 is 10.1. The number of hydrogen-bond donors (Lipinski definition) is 1. The molecule has 0 aliphatic carbocycles. The van der Waals surface area contributed by atoms with Crippen molar-refractivity contribution in [1.82, 2.24) is 9.47 Å². The second-order valence-electron chi connectivity index (χ2n) is 6.50. The van der Waals surface area contributed by atoms with Crippen LogP contribution in [-0.2, 0) is 11.3 Å². The van der Waals surface area contributed by atoms with Crippen molar-refractivity contribution in [3.63, 3.8) is 0 Å². The van der Waals surface area contributed by atoms with E-state index >= 15 is 0 Å². The molecule has 1 aliphatic heterocycles. The fraction of sp³-hybridized carbons (Fsp3) is 0.368.